The maximum Gasteiger partial charge on any atom is 0.436 e. The van der Waals surface area contributed by atoms with Gasteiger partial charge < -0.3 is 9.84 Å². The van der Waals surface area contributed by atoms with E-state index in [1.165, 1.54) is 30.3 Å². The first-order valence-electron chi connectivity index (χ1n) is 8.80. The number of fused-ring (bicyclic) bond motifs is 1. The van der Waals surface area contributed by atoms with Crippen molar-refractivity contribution in [2.24, 2.45) is 0 Å². The summed E-state index contributed by atoms with van der Waals surface area (Å²) in [5, 5.41) is 10.9. The predicted molar refractivity (Wildman–Crippen MR) is 101 cm³/mol. The average molecular weight is 382 g/mol. The lowest BCUT2D eigenvalue weighted by Crippen LogP contribution is -2.51. The highest BCUT2D eigenvalue weighted by Crippen LogP contribution is 2.54. The molecule has 0 saturated heterocycles. The molecular formula is C23H17F3O2. The summed E-state index contributed by atoms with van der Waals surface area (Å²) in [6, 6.07) is 22.4. The molecule has 0 radical (unpaired) electrons. The number of aliphatic hydroxyl groups is 1. The summed E-state index contributed by atoms with van der Waals surface area (Å²) in [4.78, 5) is 0. The van der Waals surface area contributed by atoms with Gasteiger partial charge in [-0.1, -0.05) is 72.8 Å². The van der Waals surface area contributed by atoms with Crippen LogP contribution in [0, 0.1) is 0 Å². The van der Waals surface area contributed by atoms with E-state index in [2.05, 4.69) is 0 Å². The normalized spacial score (nSPS) is 19.1. The Kier molecular flexibility index (Phi) is 4.38. The molecule has 1 aliphatic rings. The van der Waals surface area contributed by atoms with E-state index in [1.54, 1.807) is 54.6 Å². The summed E-state index contributed by atoms with van der Waals surface area (Å²) in [7, 11) is 0. The van der Waals surface area contributed by atoms with Crippen molar-refractivity contribution in [3.05, 3.63) is 107 Å². The summed E-state index contributed by atoms with van der Waals surface area (Å²) in [5.41, 5.74) is -2.17. The number of benzene rings is 3. The Labute approximate surface area is 160 Å². The molecule has 0 bridgehead atoms. The lowest BCUT2D eigenvalue weighted by molar-refractivity contribution is -0.240. The van der Waals surface area contributed by atoms with Gasteiger partial charge in [0, 0.05) is 17.6 Å². The zero-order valence-electron chi connectivity index (χ0n) is 14.8. The average Bonchev–Trinajstić information content (AvgIpc) is 2.70. The number of halogens is 3. The van der Waals surface area contributed by atoms with Gasteiger partial charge in [-0.25, -0.2) is 0 Å². The van der Waals surface area contributed by atoms with Gasteiger partial charge in [0.2, 0.25) is 0 Å². The number of aliphatic hydroxyl groups excluding tert-OH is 1. The molecule has 4 rings (SSSR count). The summed E-state index contributed by atoms with van der Waals surface area (Å²) in [5.74, 6) is -0.398. The zero-order valence-corrected chi connectivity index (χ0v) is 14.8. The van der Waals surface area contributed by atoms with Crippen molar-refractivity contribution in [2.45, 2.75) is 18.2 Å². The molecule has 0 saturated carbocycles. The number of hydrogen-bond acceptors (Lipinski definition) is 2. The van der Waals surface area contributed by atoms with E-state index in [-0.39, 0.29) is 28.9 Å². The van der Waals surface area contributed by atoms with E-state index >= 15 is 0 Å². The van der Waals surface area contributed by atoms with Gasteiger partial charge in [-0.15, -0.1) is 0 Å². The van der Waals surface area contributed by atoms with Gasteiger partial charge in [-0.05, 0) is 17.7 Å². The minimum absolute atomic E-state index is 0.00186. The molecule has 3 aromatic carbocycles. The lowest BCUT2D eigenvalue weighted by atomic mass is 9.78. The third-order valence-corrected chi connectivity index (χ3v) is 4.92. The standard InChI is InChI=1S/C23H17F3O2/c24-23(25,26)22(17-11-5-2-6-12-17)19(15-16-9-3-1-4-10-16)21(27)18-13-7-8-14-20(18)28-22/h1-14,27H,15H2. The van der Waals surface area contributed by atoms with Gasteiger partial charge >= 0.3 is 6.18 Å². The molecule has 1 aliphatic heterocycles. The second kappa shape index (κ2) is 6.75. The van der Waals surface area contributed by atoms with Crippen molar-refractivity contribution in [3.8, 4) is 5.75 Å². The molecule has 1 heterocycles. The van der Waals surface area contributed by atoms with Gasteiger partial charge in [0.25, 0.3) is 5.60 Å². The number of para-hydroxylation sites is 1. The fraction of sp³-hybridized carbons (Fsp3) is 0.130. The van der Waals surface area contributed by atoms with E-state index in [0.29, 0.717) is 5.56 Å². The largest absolute Gasteiger partial charge is 0.507 e. The number of rotatable bonds is 3. The maximum absolute atomic E-state index is 14.6. The SMILES string of the molecule is OC1=C(Cc2ccccc2)C(c2ccccc2)(C(F)(F)F)Oc2ccccc21. The van der Waals surface area contributed by atoms with E-state index in [0.717, 1.165) is 0 Å². The van der Waals surface area contributed by atoms with Crippen LogP contribution in [0.2, 0.25) is 0 Å². The van der Waals surface area contributed by atoms with Crippen molar-refractivity contribution in [1.82, 2.24) is 0 Å². The van der Waals surface area contributed by atoms with Crippen LogP contribution in [0.1, 0.15) is 16.7 Å². The molecule has 1 atom stereocenters. The summed E-state index contributed by atoms with van der Waals surface area (Å²) in [6.45, 7) is 0. The first-order chi connectivity index (χ1) is 13.4. The fourth-order valence-electron chi connectivity index (χ4n) is 3.61. The number of alkyl halides is 3. The Morgan fingerprint density at radius 3 is 2.00 bits per heavy atom. The van der Waals surface area contributed by atoms with E-state index in [9.17, 15) is 18.3 Å². The molecule has 2 nitrogen and oxygen atoms in total. The minimum atomic E-state index is -4.79. The summed E-state index contributed by atoms with van der Waals surface area (Å²) in [6.07, 6.45) is -4.89. The molecule has 0 spiro atoms. The number of ether oxygens (including phenoxy) is 1. The highest BCUT2D eigenvalue weighted by atomic mass is 19.4. The molecule has 0 amide bonds. The Hall–Kier alpha value is -3.21. The minimum Gasteiger partial charge on any atom is -0.507 e. The van der Waals surface area contributed by atoms with Crippen LogP contribution in [0.3, 0.4) is 0 Å². The van der Waals surface area contributed by atoms with Crippen LogP contribution in [0.4, 0.5) is 13.2 Å². The van der Waals surface area contributed by atoms with Crippen LogP contribution >= 0.6 is 0 Å². The molecule has 28 heavy (non-hydrogen) atoms. The maximum atomic E-state index is 14.6. The van der Waals surface area contributed by atoms with E-state index in [1.807, 2.05) is 0 Å². The molecule has 5 heteroatoms. The Morgan fingerprint density at radius 2 is 1.36 bits per heavy atom. The van der Waals surface area contributed by atoms with Crippen LogP contribution in [0.25, 0.3) is 5.76 Å². The van der Waals surface area contributed by atoms with Crippen LogP contribution in [0.15, 0.2) is 90.5 Å². The summed E-state index contributed by atoms with van der Waals surface area (Å²) < 4.78 is 49.6. The first-order valence-corrected chi connectivity index (χ1v) is 8.80. The van der Waals surface area contributed by atoms with Gasteiger partial charge in [-0.2, -0.15) is 13.2 Å². The Balaban J connectivity index is 2.01. The second-order valence-corrected chi connectivity index (χ2v) is 6.63. The van der Waals surface area contributed by atoms with Crippen LogP contribution in [-0.4, -0.2) is 11.3 Å². The van der Waals surface area contributed by atoms with Gasteiger partial charge in [-0.3, -0.25) is 0 Å². The first kappa shape index (κ1) is 18.2. The fourth-order valence-corrected chi connectivity index (χ4v) is 3.61. The van der Waals surface area contributed by atoms with Crippen LogP contribution in [0.5, 0.6) is 5.75 Å². The van der Waals surface area contributed by atoms with Crippen molar-refractivity contribution in [3.63, 3.8) is 0 Å². The van der Waals surface area contributed by atoms with E-state index < -0.39 is 17.5 Å². The Bertz CT molecular complexity index is 1010. The summed E-state index contributed by atoms with van der Waals surface area (Å²) >= 11 is 0. The van der Waals surface area contributed by atoms with Gasteiger partial charge in [0.15, 0.2) is 0 Å². The molecule has 3 aromatic rings. The van der Waals surface area contributed by atoms with Gasteiger partial charge in [0.05, 0.1) is 5.56 Å². The van der Waals surface area contributed by atoms with Crippen LogP contribution < -0.4 is 4.74 Å². The van der Waals surface area contributed by atoms with Crippen molar-refractivity contribution < 1.29 is 23.0 Å². The highest BCUT2D eigenvalue weighted by molar-refractivity contribution is 5.73. The lowest BCUT2D eigenvalue weighted by Gasteiger charge is -2.42. The molecule has 142 valence electrons. The number of hydrogen-bond donors (Lipinski definition) is 1. The van der Waals surface area contributed by atoms with Crippen molar-refractivity contribution in [1.29, 1.82) is 0 Å². The third-order valence-electron chi connectivity index (χ3n) is 4.92. The topological polar surface area (TPSA) is 29.5 Å². The van der Waals surface area contributed by atoms with E-state index in [4.69, 9.17) is 4.74 Å². The monoisotopic (exact) mass is 382 g/mol. The zero-order chi connectivity index (χ0) is 19.8. The second-order valence-electron chi connectivity index (χ2n) is 6.63. The highest BCUT2D eigenvalue weighted by Gasteiger charge is 2.63. The van der Waals surface area contributed by atoms with Crippen LogP contribution in [-0.2, 0) is 12.0 Å². The van der Waals surface area contributed by atoms with Crippen molar-refractivity contribution >= 4 is 5.76 Å². The molecular weight excluding hydrogens is 365 g/mol. The Morgan fingerprint density at radius 1 is 0.786 bits per heavy atom. The van der Waals surface area contributed by atoms with Crippen molar-refractivity contribution in [2.75, 3.05) is 0 Å². The third kappa shape index (κ3) is 2.83. The molecule has 0 aliphatic carbocycles. The predicted octanol–water partition coefficient (Wildman–Crippen LogP) is 6.05. The molecule has 0 aromatic heterocycles. The molecule has 1 N–H and O–H groups in total. The smallest absolute Gasteiger partial charge is 0.436 e. The van der Waals surface area contributed by atoms with Gasteiger partial charge in [0.1, 0.15) is 11.5 Å². The molecule has 0 fully saturated rings. The molecule has 1 unspecified atom stereocenters. The quantitative estimate of drug-likeness (QED) is 0.598.